The minimum Gasteiger partial charge on any atom is -0.398 e. The SMILES string of the molecule is Cc1nc(-c2ccc(Cl)cc2N)nc2c1CCCC2. The lowest BCUT2D eigenvalue weighted by Gasteiger charge is -2.18. The summed E-state index contributed by atoms with van der Waals surface area (Å²) in [5, 5.41) is 0.635. The molecule has 19 heavy (non-hydrogen) atoms. The van der Waals surface area contributed by atoms with Crippen molar-refractivity contribution in [3.8, 4) is 11.4 Å². The highest BCUT2D eigenvalue weighted by molar-refractivity contribution is 6.31. The van der Waals surface area contributed by atoms with Crippen molar-refractivity contribution >= 4 is 17.3 Å². The Morgan fingerprint density at radius 1 is 1.16 bits per heavy atom. The number of nitrogens with two attached hydrogens (primary N) is 1. The van der Waals surface area contributed by atoms with Crippen LogP contribution >= 0.6 is 11.6 Å². The predicted molar refractivity (Wildman–Crippen MR) is 78.3 cm³/mol. The highest BCUT2D eigenvalue weighted by atomic mass is 35.5. The Morgan fingerprint density at radius 3 is 2.74 bits per heavy atom. The van der Waals surface area contributed by atoms with Crippen LogP contribution in [0.15, 0.2) is 18.2 Å². The second-order valence-electron chi connectivity index (χ2n) is 5.00. The number of nitrogens with zero attached hydrogens (tertiary/aromatic N) is 2. The average Bonchev–Trinajstić information content (AvgIpc) is 2.38. The first-order valence-corrected chi connectivity index (χ1v) is 6.95. The lowest BCUT2D eigenvalue weighted by Crippen LogP contribution is -2.10. The molecule has 1 aromatic carbocycles. The first-order chi connectivity index (χ1) is 9.15. The van der Waals surface area contributed by atoms with Crippen LogP contribution in [-0.2, 0) is 12.8 Å². The van der Waals surface area contributed by atoms with Gasteiger partial charge < -0.3 is 5.73 Å². The lowest BCUT2D eigenvalue weighted by atomic mass is 9.94. The van der Waals surface area contributed by atoms with E-state index in [4.69, 9.17) is 22.3 Å². The molecule has 0 saturated carbocycles. The van der Waals surface area contributed by atoms with Gasteiger partial charge in [-0.3, -0.25) is 0 Å². The normalized spacial score (nSPS) is 14.2. The van der Waals surface area contributed by atoms with Gasteiger partial charge in [-0.05, 0) is 56.4 Å². The van der Waals surface area contributed by atoms with Gasteiger partial charge in [-0.2, -0.15) is 0 Å². The monoisotopic (exact) mass is 273 g/mol. The summed E-state index contributed by atoms with van der Waals surface area (Å²) in [6, 6.07) is 5.46. The van der Waals surface area contributed by atoms with E-state index in [-0.39, 0.29) is 0 Å². The number of hydrogen-bond donors (Lipinski definition) is 1. The Labute approximate surface area is 117 Å². The number of fused-ring (bicyclic) bond motifs is 1. The van der Waals surface area contributed by atoms with E-state index in [2.05, 4.69) is 11.9 Å². The molecular weight excluding hydrogens is 258 g/mol. The van der Waals surface area contributed by atoms with Crippen LogP contribution < -0.4 is 5.73 Å². The maximum absolute atomic E-state index is 6.02. The van der Waals surface area contributed by atoms with E-state index in [1.54, 1.807) is 6.07 Å². The van der Waals surface area contributed by atoms with Crippen LogP contribution in [0.2, 0.25) is 5.02 Å². The minimum atomic E-state index is 0.627. The molecule has 98 valence electrons. The van der Waals surface area contributed by atoms with E-state index in [0.717, 1.165) is 24.1 Å². The smallest absolute Gasteiger partial charge is 0.161 e. The van der Waals surface area contributed by atoms with Crippen molar-refractivity contribution in [1.29, 1.82) is 0 Å². The van der Waals surface area contributed by atoms with Gasteiger partial charge in [-0.15, -0.1) is 0 Å². The van der Waals surface area contributed by atoms with Crippen LogP contribution in [0.3, 0.4) is 0 Å². The summed E-state index contributed by atoms with van der Waals surface area (Å²) in [5.74, 6) is 0.715. The quantitative estimate of drug-likeness (QED) is 0.808. The minimum absolute atomic E-state index is 0.627. The molecule has 0 saturated heterocycles. The van der Waals surface area contributed by atoms with Crippen molar-refractivity contribution in [1.82, 2.24) is 9.97 Å². The summed E-state index contributed by atoms with van der Waals surface area (Å²) in [5.41, 5.74) is 11.1. The van der Waals surface area contributed by atoms with Crippen molar-refractivity contribution in [2.75, 3.05) is 5.73 Å². The standard InChI is InChI=1S/C15H16ClN3/c1-9-11-4-2-3-5-14(11)19-15(18-9)12-7-6-10(16)8-13(12)17/h6-8H,2-5,17H2,1H3. The van der Waals surface area contributed by atoms with Crippen LogP contribution in [0, 0.1) is 6.92 Å². The first kappa shape index (κ1) is 12.4. The summed E-state index contributed by atoms with van der Waals surface area (Å²) in [7, 11) is 0. The molecule has 3 nitrogen and oxygen atoms in total. The van der Waals surface area contributed by atoms with E-state index >= 15 is 0 Å². The van der Waals surface area contributed by atoms with Gasteiger partial charge in [-0.25, -0.2) is 9.97 Å². The molecule has 0 aliphatic heterocycles. The third-order valence-electron chi connectivity index (χ3n) is 3.64. The van der Waals surface area contributed by atoms with Gasteiger partial charge in [0.1, 0.15) is 0 Å². The van der Waals surface area contributed by atoms with Crippen molar-refractivity contribution in [3.05, 3.63) is 40.2 Å². The van der Waals surface area contributed by atoms with E-state index in [0.29, 0.717) is 16.5 Å². The zero-order valence-corrected chi connectivity index (χ0v) is 11.7. The molecule has 2 N–H and O–H groups in total. The number of benzene rings is 1. The third-order valence-corrected chi connectivity index (χ3v) is 3.88. The number of aryl methyl sites for hydroxylation is 2. The molecule has 4 heteroatoms. The summed E-state index contributed by atoms with van der Waals surface area (Å²) in [6.45, 7) is 2.06. The number of aromatic nitrogens is 2. The third kappa shape index (κ3) is 2.30. The number of hydrogen-bond acceptors (Lipinski definition) is 3. The van der Waals surface area contributed by atoms with E-state index in [1.165, 1.54) is 24.1 Å². The fraction of sp³-hybridized carbons (Fsp3) is 0.333. The van der Waals surface area contributed by atoms with Crippen molar-refractivity contribution < 1.29 is 0 Å². The molecular formula is C15H16ClN3. The van der Waals surface area contributed by atoms with Gasteiger partial charge >= 0.3 is 0 Å². The van der Waals surface area contributed by atoms with E-state index < -0.39 is 0 Å². The van der Waals surface area contributed by atoms with Crippen molar-refractivity contribution in [2.45, 2.75) is 32.6 Å². The van der Waals surface area contributed by atoms with Gasteiger partial charge in [0.2, 0.25) is 0 Å². The number of rotatable bonds is 1. The van der Waals surface area contributed by atoms with Crippen molar-refractivity contribution in [3.63, 3.8) is 0 Å². The summed E-state index contributed by atoms with van der Waals surface area (Å²) >= 11 is 5.93. The number of nitrogen functional groups attached to an aromatic ring is 1. The summed E-state index contributed by atoms with van der Waals surface area (Å²) < 4.78 is 0. The molecule has 1 aliphatic rings. The summed E-state index contributed by atoms with van der Waals surface area (Å²) in [4.78, 5) is 9.31. The largest absolute Gasteiger partial charge is 0.398 e. The second-order valence-corrected chi connectivity index (χ2v) is 5.43. The predicted octanol–water partition coefficient (Wildman–Crippen LogP) is 3.57. The highest BCUT2D eigenvalue weighted by Crippen LogP contribution is 2.29. The van der Waals surface area contributed by atoms with Crippen LogP contribution in [-0.4, -0.2) is 9.97 Å². The number of anilines is 1. The molecule has 0 bridgehead atoms. The van der Waals surface area contributed by atoms with Gasteiger partial charge in [0.05, 0.1) is 0 Å². The maximum atomic E-state index is 6.02. The van der Waals surface area contributed by atoms with E-state index in [1.807, 2.05) is 12.1 Å². The molecule has 2 aromatic rings. The zero-order valence-electron chi connectivity index (χ0n) is 10.9. The maximum Gasteiger partial charge on any atom is 0.161 e. The molecule has 0 radical (unpaired) electrons. The fourth-order valence-corrected chi connectivity index (χ4v) is 2.82. The second kappa shape index (κ2) is 4.82. The molecule has 1 aromatic heterocycles. The van der Waals surface area contributed by atoms with Gasteiger partial charge in [0.15, 0.2) is 5.82 Å². The topological polar surface area (TPSA) is 51.8 Å². The fourth-order valence-electron chi connectivity index (χ4n) is 2.64. The van der Waals surface area contributed by atoms with Crippen LogP contribution in [0.1, 0.15) is 29.8 Å². The molecule has 0 atom stereocenters. The van der Waals surface area contributed by atoms with E-state index in [9.17, 15) is 0 Å². The number of halogens is 1. The molecule has 0 unspecified atom stereocenters. The Balaban J connectivity index is 2.13. The Hall–Kier alpha value is -1.61. The molecule has 1 aliphatic carbocycles. The van der Waals surface area contributed by atoms with Gasteiger partial charge in [0, 0.05) is 27.7 Å². The Kier molecular flexibility index (Phi) is 3.15. The zero-order chi connectivity index (χ0) is 13.4. The van der Waals surface area contributed by atoms with Crippen LogP contribution in [0.25, 0.3) is 11.4 Å². The highest BCUT2D eigenvalue weighted by Gasteiger charge is 2.17. The molecule has 3 rings (SSSR count). The Bertz CT molecular complexity index is 638. The van der Waals surface area contributed by atoms with Crippen LogP contribution in [0.5, 0.6) is 0 Å². The van der Waals surface area contributed by atoms with Gasteiger partial charge in [0.25, 0.3) is 0 Å². The lowest BCUT2D eigenvalue weighted by molar-refractivity contribution is 0.658. The van der Waals surface area contributed by atoms with Crippen LogP contribution in [0.4, 0.5) is 5.69 Å². The molecule has 0 spiro atoms. The molecule has 0 fully saturated rings. The molecule has 0 amide bonds. The average molecular weight is 274 g/mol. The van der Waals surface area contributed by atoms with Crippen molar-refractivity contribution in [2.24, 2.45) is 0 Å². The molecule has 1 heterocycles. The summed E-state index contributed by atoms with van der Waals surface area (Å²) in [6.07, 6.45) is 4.58. The first-order valence-electron chi connectivity index (χ1n) is 6.57. The Morgan fingerprint density at radius 2 is 1.95 bits per heavy atom. The van der Waals surface area contributed by atoms with Gasteiger partial charge in [-0.1, -0.05) is 11.6 Å².